The minimum absolute atomic E-state index is 0.363. The third kappa shape index (κ3) is 5.32. The Labute approximate surface area is 157 Å². The Kier molecular flexibility index (Phi) is 6.98. The highest BCUT2D eigenvalue weighted by Gasteiger charge is 2.23. The van der Waals surface area contributed by atoms with Gasteiger partial charge in [0, 0.05) is 17.5 Å². The molecule has 0 aliphatic carbocycles. The maximum Gasteiger partial charge on any atom is 0.336 e. The molecule has 1 amide bonds. The standard InChI is InChI=1S/C20H25NO6/c1-4-6-7-16(20(24)25)21-19(23)12(3)26-14-8-9-15-13(5-2)10-18(22)27-17(15)11-14/h8-12,16H,4-7H2,1-3H3,(H,21,23)(H,24,25)/t12-,16-/m0/s1. The highest BCUT2D eigenvalue weighted by atomic mass is 16.5. The quantitative estimate of drug-likeness (QED) is 0.653. The summed E-state index contributed by atoms with van der Waals surface area (Å²) in [6.45, 7) is 5.44. The molecule has 0 radical (unpaired) electrons. The Morgan fingerprint density at radius 1 is 1.26 bits per heavy atom. The Hall–Kier alpha value is -2.83. The fourth-order valence-corrected chi connectivity index (χ4v) is 2.79. The molecule has 0 aliphatic heterocycles. The van der Waals surface area contributed by atoms with Crippen molar-refractivity contribution < 1.29 is 23.8 Å². The first-order valence-corrected chi connectivity index (χ1v) is 9.12. The summed E-state index contributed by atoms with van der Waals surface area (Å²) < 4.78 is 10.8. The number of unbranched alkanes of at least 4 members (excludes halogenated alkanes) is 1. The molecule has 0 spiro atoms. The topological polar surface area (TPSA) is 106 Å². The SMILES string of the molecule is CCCC[C@H](NC(=O)[C@H](C)Oc1ccc2c(CC)cc(=O)oc2c1)C(=O)O. The van der Waals surface area contributed by atoms with Gasteiger partial charge in [-0.15, -0.1) is 0 Å². The number of carbonyl (C=O) groups excluding carboxylic acids is 1. The molecule has 1 aromatic heterocycles. The van der Waals surface area contributed by atoms with Crippen LogP contribution in [0.3, 0.4) is 0 Å². The highest BCUT2D eigenvalue weighted by Crippen LogP contribution is 2.23. The molecule has 7 heteroatoms. The van der Waals surface area contributed by atoms with Crippen molar-refractivity contribution in [3.05, 3.63) is 40.2 Å². The number of aryl methyl sites for hydroxylation is 1. The van der Waals surface area contributed by atoms with Crippen molar-refractivity contribution in [2.45, 2.75) is 58.6 Å². The summed E-state index contributed by atoms with van der Waals surface area (Å²) in [5, 5.41) is 12.5. The monoisotopic (exact) mass is 375 g/mol. The summed E-state index contributed by atoms with van der Waals surface area (Å²) in [7, 11) is 0. The van der Waals surface area contributed by atoms with Gasteiger partial charge < -0.3 is 19.6 Å². The Morgan fingerprint density at radius 2 is 2.00 bits per heavy atom. The summed E-state index contributed by atoms with van der Waals surface area (Å²) in [4.78, 5) is 35.2. The zero-order valence-electron chi connectivity index (χ0n) is 15.8. The van der Waals surface area contributed by atoms with Gasteiger partial charge in [0.1, 0.15) is 17.4 Å². The average Bonchev–Trinajstić information content (AvgIpc) is 2.63. The van der Waals surface area contributed by atoms with Crippen LogP contribution in [0.4, 0.5) is 0 Å². The molecule has 0 unspecified atom stereocenters. The highest BCUT2D eigenvalue weighted by molar-refractivity contribution is 5.86. The van der Waals surface area contributed by atoms with E-state index >= 15 is 0 Å². The lowest BCUT2D eigenvalue weighted by Gasteiger charge is -2.19. The van der Waals surface area contributed by atoms with Gasteiger partial charge in [0.2, 0.25) is 0 Å². The van der Waals surface area contributed by atoms with Crippen molar-refractivity contribution in [3.63, 3.8) is 0 Å². The first-order chi connectivity index (χ1) is 12.8. The largest absolute Gasteiger partial charge is 0.481 e. The lowest BCUT2D eigenvalue weighted by Crippen LogP contribution is -2.46. The smallest absolute Gasteiger partial charge is 0.336 e. The third-order valence-electron chi connectivity index (χ3n) is 4.33. The van der Waals surface area contributed by atoms with Gasteiger partial charge in [-0.05, 0) is 37.5 Å². The van der Waals surface area contributed by atoms with E-state index in [1.807, 2.05) is 13.8 Å². The summed E-state index contributed by atoms with van der Waals surface area (Å²) >= 11 is 0. The average molecular weight is 375 g/mol. The number of hydrogen-bond acceptors (Lipinski definition) is 5. The number of aliphatic carboxylic acids is 1. The van der Waals surface area contributed by atoms with Crippen molar-refractivity contribution in [1.82, 2.24) is 5.32 Å². The van der Waals surface area contributed by atoms with Gasteiger partial charge in [-0.1, -0.05) is 26.7 Å². The number of benzene rings is 1. The molecule has 2 aromatic rings. The molecule has 2 rings (SSSR count). The van der Waals surface area contributed by atoms with Crippen molar-refractivity contribution in [2.24, 2.45) is 0 Å². The number of ether oxygens (including phenoxy) is 1. The zero-order valence-corrected chi connectivity index (χ0v) is 15.8. The first kappa shape index (κ1) is 20.5. The predicted octanol–water partition coefficient (Wildman–Crippen LogP) is 2.88. The molecule has 1 heterocycles. The molecule has 0 bridgehead atoms. The molecule has 0 saturated heterocycles. The number of hydrogen-bond donors (Lipinski definition) is 2. The zero-order chi connectivity index (χ0) is 20.0. The van der Waals surface area contributed by atoms with Crippen LogP contribution in [-0.2, 0) is 16.0 Å². The van der Waals surface area contributed by atoms with Gasteiger partial charge in [0.05, 0.1) is 0 Å². The molecule has 27 heavy (non-hydrogen) atoms. The molecule has 146 valence electrons. The minimum Gasteiger partial charge on any atom is -0.481 e. The van der Waals surface area contributed by atoms with E-state index in [0.717, 1.165) is 17.4 Å². The maximum atomic E-state index is 12.3. The van der Waals surface area contributed by atoms with Crippen LogP contribution in [-0.4, -0.2) is 29.1 Å². The number of nitrogens with one attached hydrogen (secondary N) is 1. The molecule has 2 atom stereocenters. The van der Waals surface area contributed by atoms with E-state index in [4.69, 9.17) is 9.15 Å². The van der Waals surface area contributed by atoms with Crippen LogP contribution in [0.5, 0.6) is 5.75 Å². The number of fused-ring (bicyclic) bond motifs is 1. The molecule has 0 fully saturated rings. The number of carboxylic acids is 1. The van der Waals surface area contributed by atoms with Crippen LogP contribution in [0.25, 0.3) is 11.0 Å². The number of rotatable bonds is 9. The molecule has 1 aromatic carbocycles. The second-order valence-electron chi connectivity index (χ2n) is 6.40. The third-order valence-corrected chi connectivity index (χ3v) is 4.33. The van der Waals surface area contributed by atoms with Crippen molar-refractivity contribution in [1.29, 1.82) is 0 Å². The Morgan fingerprint density at radius 3 is 2.63 bits per heavy atom. The summed E-state index contributed by atoms with van der Waals surface area (Å²) in [6, 6.07) is 5.55. The molecule has 2 N–H and O–H groups in total. The van der Waals surface area contributed by atoms with E-state index in [1.54, 1.807) is 18.2 Å². The maximum absolute atomic E-state index is 12.3. The van der Waals surface area contributed by atoms with E-state index in [-0.39, 0.29) is 0 Å². The van der Waals surface area contributed by atoms with Crippen LogP contribution >= 0.6 is 0 Å². The lowest BCUT2D eigenvalue weighted by molar-refractivity contribution is -0.143. The number of carboxylic acid groups (broad SMARTS) is 1. The number of amides is 1. The fraction of sp³-hybridized carbons (Fsp3) is 0.450. The Bertz CT molecular complexity index is 872. The summed E-state index contributed by atoms with van der Waals surface area (Å²) in [6.07, 6.45) is 1.71. The molecule has 0 saturated carbocycles. The fourth-order valence-electron chi connectivity index (χ4n) is 2.79. The second kappa shape index (κ2) is 9.21. The van der Waals surface area contributed by atoms with Crippen molar-refractivity contribution in [3.8, 4) is 5.75 Å². The summed E-state index contributed by atoms with van der Waals surface area (Å²) in [5.41, 5.74) is 0.817. The van der Waals surface area contributed by atoms with Gasteiger partial charge in [0.25, 0.3) is 5.91 Å². The van der Waals surface area contributed by atoms with Gasteiger partial charge in [-0.2, -0.15) is 0 Å². The van der Waals surface area contributed by atoms with Gasteiger partial charge in [-0.3, -0.25) is 4.79 Å². The van der Waals surface area contributed by atoms with Crippen LogP contribution in [0.15, 0.2) is 33.5 Å². The van der Waals surface area contributed by atoms with Crippen LogP contribution in [0.1, 0.15) is 45.6 Å². The van der Waals surface area contributed by atoms with Crippen LogP contribution < -0.4 is 15.7 Å². The van der Waals surface area contributed by atoms with Gasteiger partial charge in [0.15, 0.2) is 6.10 Å². The predicted molar refractivity (Wildman–Crippen MR) is 101 cm³/mol. The molecule has 7 nitrogen and oxygen atoms in total. The first-order valence-electron chi connectivity index (χ1n) is 9.12. The molecule has 0 aliphatic rings. The van der Waals surface area contributed by atoms with Gasteiger partial charge >= 0.3 is 11.6 Å². The van der Waals surface area contributed by atoms with Crippen molar-refractivity contribution in [2.75, 3.05) is 0 Å². The van der Waals surface area contributed by atoms with E-state index in [9.17, 15) is 19.5 Å². The van der Waals surface area contributed by atoms with Crippen LogP contribution in [0, 0.1) is 0 Å². The summed E-state index contributed by atoms with van der Waals surface area (Å²) in [5.74, 6) is -1.21. The van der Waals surface area contributed by atoms with Gasteiger partial charge in [-0.25, -0.2) is 9.59 Å². The second-order valence-corrected chi connectivity index (χ2v) is 6.40. The van der Waals surface area contributed by atoms with Crippen molar-refractivity contribution >= 4 is 22.8 Å². The van der Waals surface area contributed by atoms with E-state index in [2.05, 4.69) is 5.32 Å². The normalized spacial score (nSPS) is 13.1. The number of carbonyl (C=O) groups is 2. The van der Waals surface area contributed by atoms with E-state index < -0.39 is 29.6 Å². The molecular formula is C20H25NO6. The lowest BCUT2D eigenvalue weighted by atomic mass is 10.1. The van der Waals surface area contributed by atoms with E-state index in [0.29, 0.717) is 30.6 Å². The van der Waals surface area contributed by atoms with E-state index in [1.165, 1.54) is 13.0 Å². The minimum atomic E-state index is -1.07. The Balaban J connectivity index is 2.12. The molecular weight excluding hydrogens is 350 g/mol. The van der Waals surface area contributed by atoms with Crippen LogP contribution in [0.2, 0.25) is 0 Å².